The van der Waals surface area contributed by atoms with Gasteiger partial charge >= 0.3 is 6.18 Å². The molecule has 0 bridgehead atoms. The topological polar surface area (TPSA) is 77.2 Å². The fourth-order valence-electron chi connectivity index (χ4n) is 3.48. The van der Waals surface area contributed by atoms with Crippen LogP contribution in [0.2, 0.25) is 0 Å². The summed E-state index contributed by atoms with van der Waals surface area (Å²) in [5, 5.41) is 11.9. The molecule has 0 unspecified atom stereocenters. The molecule has 0 radical (unpaired) electrons. The lowest BCUT2D eigenvalue weighted by Gasteiger charge is -2.39. The molecular weight excluding hydrogens is 399 g/mol. The molecule has 3 aliphatic heterocycles. The number of alkyl halides is 3. The van der Waals surface area contributed by atoms with Gasteiger partial charge in [0.15, 0.2) is 11.0 Å². The molecule has 28 heavy (non-hydrogen) atoms. The number of nitro benzene ring substituents is 1. The average Bonchev–Trinajstić information content (AvgIpc) is 3.08. The third kappa shape index (κ3) is 3.38. The number of hydrogen-bond acceptors (Lipinski definition) is 7. The number of benzene rings is 1. The number of likely N-dealkylation sites (tertiary alicyclic amines) is 1. The van der Waals surface area contributed by atoms with Gasteiger partial charge in [-0.3, -0.25) is 10.1 Å². The summed E-state index contributed by atoms with van der Waals surface area (Å²) in [6, 6.07) is 1.43. The Morgan fingerprint density at radius 1 is 1.25 bits per heavy atom. The SMILES string of the molecule is C=C1N=C(N2CCC3(CC2)OCCO3)Sc2c1cc(C(F)(F)F)cc2[N+](=O)[O-]. The minimum absolute atomic E-state index is 0.0335. The molecule has 150 valence electrons. The van der Waals surface area contributed by atoms with Crippen molar-refractivity contribution in [2.45, 2.75) is 29.7 Å². The number of thioether (sulfide) groups is 1. The van der Waals surface area contributed by atoms with Gasteiger partial charge in [0.05, 0.1) is 29.4 Å². The number of rotatable bonds is 1. The quantitative estimate of drug-likeness (QED) is 0.512. The lowest BCUT2D eigenvalue weighted by molar-refractivity contribution is -0.388. The van der Waals surface area contributed by atoms with Crippen molar-refractivity contribution in [1.29, 1.82) is 0 Å². The van der Waals surface area contributed by atoms with Gasteiger partial charge in [-0.1, -0.05) is 6.58 Å². The monoisotopic (exact) mass is 415 g/mol. The first-order chi connectivity index (χ1) is 13.2. The number of hydrogen-bond donors (Lipinski definition) is 0. The van der Waals surface area contributed by atoms with Crippen molar-refractivity contribution in [3.8, 4) is 0 Å². The van der Waals surface area contributed by atoms with Crippen molar-refractivity contribution >= 4 is 28.3 Å². The van der Waals surface area contributed by atoms with E-state index >= 15 is 0 Å². The molecule has 0 atom stereocenters. The van der Waals surface area contributed by atoms with Crippen molar-refractivity contribution in [2.75, 3.05) is 26.3 Å². The zero-order chi connectivity index (χ0) is 20.1. The standard InChI is InChI=1S/C17H16F3N3O4S/c1-10-12-8-11(17(18,19)20)9-13(23(24)25)14(12)28-15(21-10)22-4-2-16(3-5-22)26-6-7-27-16/h8-9H,1-7H2. The molecule has 1 aromatic rings. The van der Waals surface area contributed by atoms with E-state index in [1.54, 1.807) is 0 Å². The molecule has 0 amide bonds. The Morgan fingerprint density at radius 3 is 2.46 bits per heavy atom. The molecule has 11 heteroatoms. The van der Waals surface area contributed by atoms with Crippen LogP contribution in [0, 0.1) is 10.1 Å². The Hall–Kier alpha value is -2.11. The molecule has 2 saturated heterocycles. The van der Waals surface area contributed by atoms with Gasteiger partial charge in [0, 0.05) is 37.6 Å². The number of nitrogens with zero attached hydrogens (tertiary/aromatic N) is 3. The van der Waals surface area contributed by atoms with E-state index in [9.17, 15) is 23.3 Å². The largest absolute Gasteiger partial charge is 0.416 e. The second-order valence-electron chi connectivity index (χ2n) is 6.66. The number of fused-ring (bicyclic) bond motifs is 1. The van der Waals surface area contributed by atoms with E-state index in [1.165, 1.54) is 0 Å². The van der Waals surface area contributed by atoms with Crippen LogP contribution in [0.1, 0.15) is 24.0 Å². The van der Waals surface area contributed by atoms with E-state index in [2.05, 4.69) is 11.6 Å². The van der Waals surface area contributed by atoms with Crippen molar-refractivity contribution in [2.24, 2.45) is 4.99 Å². The molecule has 2 fully saturated rings. The van der Waals surface area contributed by atoms with E-state index in [0.29, 0.717) is 50.4 Å². The van der Waals surface area contributed by atoms with Crippen molar-refractivity contribution in [1.82, 2.24) is 4.90 Å². The summed E-state index contributed by atoms with van der Waals surface area (Å²) < 4.78 is 50.7. The zero-order valence-corrected chi connectivity index (χ0v) is 15.4. The Balaban J connectivity index is 1.63. The predicted octanol–water partition coefficient (Wildman–Crippen LogP) is 3.88. The number of halogens is 3. The maximum Gasteiger partial charge on any atom is 0.416 e. The normalized spacial score (nSPS) is 21.6. The Labute approximate surface area is 162 Å². The molecule has 1 spiro atoms. The van der Waals surface area contributed by atoms with Crippen LogP contribution in [0.4, 0.5) is 18.9 Å². The smallest absolute Gasteiger partial charge is 0.350 e. The highest BCUT2D eigenvalue weighted by molar-refractivity contribution is 8.14. The fraction of sp³-hybridized carbons (Fsp3) is 0.471. The minimum atomic E-state index is -4.70. The molecule has 0 saturated carbocycles. The van der Waals surface area contributed by atoms with Gasteiger partial charge in [-0.15, -0.1) is 0 Å². The lowest BCUT2D eigenvalue weighted by atomic mass is 10.0. The molecule has 3 heterocycles. The van der Waals surface area contributed by atoms with Gasteiger partial charge in [-0.25, -0.2) is 4.99 Å². The highest BCUT2D eigenvalue weighted by atomic mass is 32.2. The first kappa shape index (κ1) is 19.2. The summed E-state index contributed by atoms with van der Waals surface area (Å²) in [7, 11) is 0. The zero-order valence-electron chi connectivity index (χ0n) is 14.6. The highest BCUT2D eigenvalue weighted by Gasteiger charge is 2.42. The van der Waals surface area contributed by atoms with Crippen LogP contribution in [0.25, 0.3) is 5.70 Å². The van der Waals surface area contributed by atoms with Gasteiger partial charge in [-0.05, 0) is 17.8 Å². The summed E-state index contributed by atoms with van der Waals surface area (Å²) >= 11 is 0.997. The summed E-state index contributed by atoms with van der Waals surface area (Å²) in [6.45, 7) is 5.94. The average molecular weight is 415 g/mol. The summed E-state index contributed by atoms with van der Waals surface area (Å²) in [4.78, 5) is 17.0. The van der Waals surface area contributed by atoms with Gasteiger partial charge < -0.3 is 14.4 Å². The van der Waals surface area contributed by atoms with Gasteiger partial charge in [0.1, 0.15) is 4.90 Å². The minimum Gasteiger partial charge on any atom is -0.350 e. The second kappa shape index (κ2) is 6.75. The first-order valence-corrected chi connectivity index (χ1v) is 9.38. The van der Waals surface area contributed by atoms with Gasteiger partial charge in [-0.2, -0.15) is 13.2 Å². The van der Waals surface area contributed by atoms with E-state index in [0.717, 1.165) is 17.8 Å². The summed E-state index contributed by atoms with van der Waals surface area (Å²) in [5.41, 5.74) is -1.58. The molecule has 1 aromatic carbocycles. The molecule has 7 nitrogen and oxygen atoms in total. The van der Waals surface area contributed by atoms with Gasteiger partial charge in [0.2, 0.25) is 0 Å². The molecular formula is C17H16F3N3O4S. The van der Waals surface area contributed by atoms with Crippen LogP contribution in [0.5, 0.6) is 0 Å². The van der Waals surface area contributed by atoms with Crippen LogP contribution in [0.3, 0.4) is 0 Å². The Bertz CT molecular complexity index is 871. The lowest BCUT2D eigenvalue weighted by Crippen LogP contribution is -2.46. The Kier molecular flexibility index (Phi) is 4.63. The summed E-state index contributed by atoms with van der Waals surface area (Å²) in [6.07, 6.45) is -3.47. The second-order valence-corrected chi connectivity index (χ2v) is 7.64. The van der Waals surface area contributed by atoms with Crippen molar-refractivity contribution in [3.63, 3.8) is 0 Å². The highest BCUT2D eigenvalue weighted by Crippen LogP contribution is 2.45. The maximum atomic E-state index is 13.1. The van der Waals surface area contributed by atoms with Crippen LogP contribution >= 0.6 is 11.8 Å². The van der Waals surface area contributed by atoms with Crippen molar-refractivity contribution in [3.05, 3.63) is 40.0 Å². The molecule has 0 aromatic heterocycles. The fourth-order valence-corrected chi connectivity index (χ4v) is 4.66. The van der Waals surface area contributed by atoms with E-state index in [4.69, 9.17) is 9.47 Å². The maximum absolute atomic E-state index is 13.1. The van der Waals surface area contributed by atoms with Crippen LogP contribution in [-0.4, -0.2) is 47.1 Å². The number of piperidine rings is 1. The van der Waals surface area contributed by atoms with E-state index in [1.807, 2.05) is 4.90 Å². The van der Waals surface area contributed by atoms with Crippen LogP contribution < -0.4 is 0 Å². The third-order valence-electron chi connectivity index (χ3n) is 4.94. The number of aliphatic imine (C=N–C) groups is 1. The first-order valence-electron chi connectivity index (χ1n) is 8.57. The molecule has 3 aliphatic rings. The van der Waals surface area contributed by atoms with Crippen molar-refractivity contribution < 1.29 is 27.6 Å². The predicted molar refractivity (Wildman–Crippen MR) is 95.9 cm³/mol. The molecule has 0 aliphatic carbocycles. The van der Waals surface area contributed by atoms with E-state index < -0.39 is 28.1 Å². The summed E-state index contributed by atoms with van der Waals surface area (Å²) in [5.74, 6) is -0.584. The third-order valence-corrected chi connectivity index (χ3v) is 6.10. The number of ether oxygens (including phenoxy) is 2. The van der Waals surface area contributed by atoms with Crippen LogP contribution in [0.15, 0.2) is 28.6 Å². The van der Waals surface area contributed by atoms with Gasteiger partial charge in [0.25, 0.3) is 5.69 Å². The molecule has 0 N–H and O–H groups in total. The van der Waals surface area contributed by atoms with E-state index in [-0.39, 0.29) is 16.2 Å². The Morgan fingerprint density at radius 2 is 1.89 bits per heavy atom. The number of amidine groups is 1. The number of nitro groups is 1. The van der Waals surface area contributed by atoms with Crippen LogP contribution in [-0.2, 0) is 15.7 Å². The molecule has 4 rings (SSSR count).